The molecular weight excluding hydrogens is 363 g/mol. The van der Waals surface area contributed by atoms with E-state index in [9.17, 15) is 4.39 Å². The van der Waals surface area contributed by atoms with E-state index in [1.54, 1.807) is 24.0 Å². The Morgan fingerprint density at radius 2 is 2.04 bits per heavy atom. The van der Waals surface area contributed by atoms with Crippen molar-refractivity contribution in [2.45, 2.75) is 26.8 Å². The molecule has 1 aliphatic heterocycles. The number of nitrogens with zero attached hydrogens (tertiary/aromatic N) is 7. The summed E-state index contributed by atoms with van der Waals surface area (Å²) < 4.78 is 22.9. The zero-order valence-electron chi connectivity index (χ0n) is 15.3. The third kappa shape index (κ3) is 2.73. The van der Waals surface area contributed by atoms with Crippen molar-refractivity contribution < 1.29 is 9.13 Å². The van der Waals surface area contributed by atoms with Crippen LogP contribution in [0.25, 0.3) is 16.7 Å². The first-order valence-electron chi connectivity index (χ1n) is 8.90. The quantitative estimate of drug-likeness (QED) is 0.542. The van der Waals surface area contributed by atoms with Crippen LogP contribution in [0.2, 0.25) is 0 Å². The van der Waals surface area contributed by atoms with Gasteiger partial charge in [0.05, 0.1) is 41.5 Å². The van der Waals surface area contributed by atoms with Gasteiger partial charge in [0, 0.05) is 25.2 Å². The maximum Gasteiger partial charge on any atom is 0.257 e. The van der Waals surface area contributed by atoms with Gasteiger partial charge in [-0.05, 0) is 13.8 Å². The van der Waals surface area contributed by atoms with Crippen LogP contribution < -0.4 is 10.1 Å². The molecule has 0 fully saturated rings. The molecule has 0 atom stereocenters. The lowest BCUT2D eigenvalue weighted by Crippen LogP contribution is -2.07. The summed E-state index contributed by atoms with van der Waals surface area (Å²) in [6, 6.07) is 1.38. The molecule has 2 bridgehead atoms. The van der Waals surface area contributed by atoms with Crippen LogP contribution in [-0.4, -0.2) is 41.1 Å². The Kier molecular flexibility index (Phi) is 3.71. The largest absolute Gasteiger partial charge is 0.475 e. The van der Waals surface area contributed by atoms with Crippen molar-refractivity contribution in [1.82, 2.24) is 34.5 Å². The van der Waals surface area contributed by atoms with Gasteiger partial charge in [0.15, 0.2) is 5.65 Å². The Hall–Kier alpha value is -3.56. The van der Waals surface area contributed by atoms with Gasteiger partial charge in [0.1, 0.15) is 11.5 Å². The number of aryl methyl sites for hydroxylation is 3. The van der Waals surface area contributed by atoms with Gasteiger partial charge in [-0.25, -0.2) is 18.7 Å². The standard InChI is InChI=1S/C18H17FN8O/c1-10-13-8-21-18-22-14-9-27(15-6-12(19)7-20-11(15)2)25-17(14)28-5-3-4-26(24-10)16(13)23-18/h6-9H,3-5H2,1-2H3,(H,21,22,23). The highest BCUT2D eigenvalue weighted by molar-refractivity contribution is 5.78. The molecule has 4 aromatic heterocycles. The van der Waals surface area contributed by atoms with E-state index < -0.39 is 5.82 Å². The predicted octanol–water partition coefficient (Wildman–Crippen LogP) is 2.69. The Morgan fingerprint density at radius 3 is 2.93 bits per heavy atom. The molecule has 5 rings (SSSR count). The molecule has 28 heavy (non-hydrogen) atoms. The molecule has 0 unspecified atom stereocenters. The summed E-state index contributed by atoms with van der Waals surface area (Å²) in [6.45, 7) is 4.86. The molecule has 0 saturated carbocycles. The highest BCUT2D eigenvalue weighted by Crippen LogP contribution is 2.29. The van der Waals surface area contributed by atoms with Crippen LogP contribution in [0.5, 0.6) is 5.88 Å². The minimum Gasteiger partial charge on any atom is -0.475 e. The molecule has 0 aliphatic carbocycles. The number of fused-ring (bicyclic) bond motifs is 2. The SMILES string of the molecule is Cc1ncc(F)cc1-n1cc2c(n1)OCCCn1nc(C)c3cnc(nc31)N2. The Balaban J connectivity index is 1.60. The van der Waals surface area contributed by atoms with Gasteiger partial charge >= 0.3 is 0 Å². The number of halogens is 1. The third-order valence-electron chi connectivity index (χ3n) is 4.63. The molecule has 10 heteroatoms. The number of rotatable bonds is 1. The van der Waals surface area contributed by atoms with Gasteiger partial charge in [0.2, 0.25) is 5.95 Å². The normalized spacial score (nSPS) is 13.7. The van der Waals surface area contributed by atoms with Crippen molar-refractivity contribution in [1.29, 1.82) is 0 Å². The summed E-state index contributed by atoms with van der Waals surface area (Å²) in [6.07, 6.45) is 5.39. The zero-order valence-corrected chi connectivity index (χ0v) is 15.3. The molecule has 1 aliphatic rings. The summed E-state index contributed by atoms with van der Waals surface area (Å²) in [4.78, 5) is 13.0. The van der Waals surface area contributed by atoms with Gasteiger partial charge in [0.25, 0.3) is 5.88 Å². The van der Waals surface area contributed by atoms with Crippen LogP contribution in [-0.2, 0) is 6.54 Å². The minimum atomic E-state index is -0.431. The van der Waals surface area contributed by atoms with Gasteiger partial charge in [-0.3, -0.25) is 4.98 Å². The van der Waals surface area contributed by atoms with E-state index in [1.165, 1.54) is 12.3 Å². The summed E-state index contributed by atoms with van der Waals surface area (Å²) in [7, 11) is 0. The summed E-state index contributed by atoms with van der Waals surface area (Å²) in [5.41, 5.74) is 3.45. The maximum absolute atomic E-state index is 13.7. The lowest BCUT2D eigenvalue weighted by atomic mass is 10.3. The molecule has 0 saturated heterocycles. The van der Waals surface area contributed by atoms with E-state index in [-0.39, 0.29) is 0 Å². The van der Waals surface area contributed by atoms with E-state index in [4.69, 9.17) is 4.74 Å². The first-order chi connectivity index (χ1) is 13.6. The highest BCUT2D eigenvalue weighted by Gasteiger charge is 2.18. The lowest BCUT2D eigenvalue weighted by Gasteiger charge is -2.05. The van der Waals surface area contributed by atoms with Crippen LogP contribution in [0.15, 0.2) is 24.7 Å². The summed E-state index contributed by atoms with van der Waals surface area (Å²) in [5, 5.41) is 13.1. The summed E-state index contributed by atoms with van der Waals surface area (Å²) in [5.74, 6) is 0.372. The fourth-order valence-electron chi connectivity index (χ4n) is 3.23. The van der Waals surface area contributed by atoms with Gasteiger partial charge in [-0.15, -0.1) is 5.10 Å². The fraction of sp³-hybridized carbons (Fsp3) is 0.278. The molecule has 0 radical (unpaired) electrons. The number of pyridine rings is 1. The van der Waals surface area contributed by atoms with E-state index in [2.05, 4.69) is 30.5 Å². The minimum absolute atomic E-state index is 0.392. The third-order valence-corrected chi connectivity index (χ3v) is 4.63. The second-order valence-corrected chi connectivity index (χ2v) is 6.62. The average Bonchev–Trinajstić information content (AvgIpc) is 3.21. The summed E-state index contributed by atoms with van der Waals surface area (Å²) >= 11 is 0. The second kappa shape index (κ2) is 6.25. The average molecular weight is 380 g/mol. The van der Waals surface area contributed by atoms with Gasteiger partial charge < -0.3 is 10.1 Å². The highest BCUT2D eigenvalue weighted by atomic mass is 19.1. The number of nitrogens with one attached hydrogen (secondary N) is 1. The molecule has 142 valence electrons. The number of ether oxygens (including phenoxy) is 1. The van der Waals surface area contributed by atoms with E-state index in [0.29, 0.717) is 42.0 Å². The molecule has 5 heterocycles. The first-order valence-corrected chi connectivity index (χ1v) is 8.90. The molecule has 0 amide bonds. The molecule has 1 N–H and O–H groups in total. The van der Waals surface area contributed by atoms with Crippen LogP contribution >= 0.6 is 0 Å². The molecule has 9 nitrogen and oxygen atoms in total. The molecule has 4 aromatic rings. The van der Waals surface area contributed by atoms with Gasteiger partial charge in [-0.2, -0.15) is 10.1 Å². The number of hydrogen-bond donors (Lipinski definition) is 1. The van der Waals surface area contributed by atoms with E-state index >= 15 is 0 Å². The topological polar surface area (TPSA) is 95.6 Å². The van der Waals surface area contributed by atoms with E-state index in [1.807, 2.05) is 11.6 Å². The Bertz CT molecular complexity index is 1200. The fourth-order valence-corrected chi connectivity index (χ4v) is 3.23. The first kappa shape index (κ1) is 16.6. The van der Waals surface area contributed by atoms with Gasteiger partial charge in [-0.1, -0.05) is 0 Å². The van der Waals surface area contributed by atoms with Crippen molar-refractivity contribution >= 4 is 22.7 Å². The Morgan fingerprint density at radius 1 is 1.14 bits per heavy atom. The van der Waals surface area contributed by atoms with Crippen molar-refractivity contribution in [3.8, 4) is 11.6 Å². The number of aromatic nitrogens is 7. The zero-order chi connectivity index (χ0) is 19.3. The van der Waals surface area contributed by atoms with Crippen molar-refractivity contribution in [3.63, 3.8) is 0 Å². The number of hydrogen-bond acceptors (Lipinski definition) is 7. The lowest BCUT2D eigenvalue weighted by molar-refractivity contribution is 0.288. The number of anilines is 2. The van der Waals surface area contributed by atoms with Crippen LogP contribution in [0.1, 0.15) is 17.8 Å². The smallest absolute Gasteiger partial charge is 0.257 e. The van der Waals surface area contributed by atoms with Crippen LogP contribution in [0, 0.1) is 19.7 Å². The second-order valence-electron chi connectivity index (χ2n) is 6.62. The van der Waals surface area contributed by atoms with Crippen LogP contribution in [0.4, 0.5) is 16.0 Å². The molecule has 0 aromatic carbocycles. The molecule has 0 spiro atoms. The molecular formula is C18H17FN8O. The maximum atomic E-state index is 13.7. The predicted molar refractivity (Wildman–Crippen MR) is 99.5 cm³/mol. The van der Waals surface area contributed by atoms with Crippen molar-refractivity contribution in [2.75, 3.05) is 11.9 Å². The monoisotopic (exact) mass is 380 g/mol. The van der Waals surface area contributed by atoms with Crippen molar-refractivity contribution in [2.24, 2.45) is 0 Å². The van der Waals surface area contributed by atoms with Crippen molar-refractivity contribution in [3.05, 3.63) is 41.9 Å². The Labute approximate surface area is 159 Å². The van der Waals surface area contributed by atoms with Crippen LogP contribution in [0.3, 0.4) is 0 Å². The van der Waals surface area contributed by atoms with E-state index in [0.717, 1.165) is 23.1 Å².